The van der Waals surface area contributed by atoms with Crippen LogP contribution in [0.5, 0.6) is 5.75 Å². The zero-order chi connectivity index (χ0) is 13.5. The van der Waals surface area contributed by atoms with Gasteiger partial charge in [-0.2, -0.15) is 0 Å². The van der Waals surface area contributed by atoms with Crippen LogP contribution in [0.15, 0.2) is 24.3 Å². The van der Waals surface area contributed by atoms with Crippen molar-refractivity contribution in [3.05, 3.63) is 29.8 Å². The number of hydrogen-bond acceptors (Lipinski definition) is 3. The van der Waals surface area contributed by atoms with Crippen LogP contribution in [0.1, 0.15) is 18.4 Å². The van der Waals surface area contributed by atoms with E-state index >= 15 is 0 Å². The number of carbonyl (C=O) groups is 1. The van der Waals surface area contributed by atoms with Gasteiger partial charge in [-0.1, -0.05) is 12.1 Å². The van der Waals surface area contributed by atoms with Crippen LogP contribution in [0.25, 0.3) is 0 Å². The fourth-order valence-electron chi connectivity index (χ4n) is 2.25. The molecule has 1 aliphatic heterocycles. The molecule has 2 rings (SSSR count). The molecule has 104 valence electrons. The van der Waals surface area contributed by atoms with Gasteiger partial charge in [0.15, 0.2) is 0 Å². The van der Waals surface area contributed by atoms with Crippen LogP contribution in [-0.2, 0) is 6.54 Å². The molecule has 1 saturated heterocycles. The minimum Gasteiger partial charge on any atom is -0.508 e. The predicted octanol–water partition coefficient (Wildman–Crippen LogP) is 1.19. The van der Waals surface area contributed by atoms with Crippen molar-refractivity contribution in [3.8, 4) is 5.75 Å². The van der Waals surface area contributed by atoms with Crippen LogP contribution in [0.3, 0.4) is 0 Å². The van der Waals surface area contributed by atoms with Crippen molar-refractivity contribution in [1.29, 1.82) is 0 Å². The van der Waals surface area contributed by atoms with Crippen LogP contribution in [0.4, 0.5) is 4.79 Å². The zero-order valence-electron chi connectivity index (χ0n) is 11.0. The molecule has 4 N–H and O–H groups in total. The number of nitrogens with one attached hydrogen (secondary N) is 3. The molecule has 1 unspecified atom stereocenters. The van der Waals surface area contributed by atoms with Crippen LogP contribution in [0, 0.1) is 5.92 Å². The van der Waals surface area contributed by atoms with Gasteiger partial charge in [0.05, 0.1) is 0 Å². The number of benzene rings is 1. The first-order valence-corrected chi connectivity index (χ1v) is 6.74. The third-order valence-electron chi connectivity index (χ3n) is 3.31. The van der Waals surface area contributed by atoms with Gasteiger partial charge in [0.25, 0.3) is 0 Å². The summed E-state index contributed by atoms with van der Waals surface area (Å²) in [6.45, 7) is 3.19. The van der Waals surface area contributed by atoms with E-state index in [9.17, 15) is 9.90 Å². The van der Waals surface area contributed by atoms with Crippen molar-refractivity contribution in [2.75, 3.05) is 19.6 Å². The van der Waals surface area contributed by atoms with Gasteiger partial charge in [-0.25, -0.2) is 4.79 Å². The Bertz CT molecular complexity index is 417. The van der Waals surface area contributed by atoms with Crippen LogP contribution in [0.2, 0.25) is 0 Å². The molecule has 2 amide bonds. The first-order valence-electron chi connectivity index (χ1n) is 6.74. The molecule has 1 aromatic carbocycles. The number of aromatic hydroxyl groups is 1. The molecule has 1 aromatic rings. The lowest BCUT2D eigenvalue weighted by molar-refractivity contribution is 0.236. The summed E-state index contributed by atoms with van der Waals surface area (Å²) in [5, 5.41) is 18.3. The molecular weight excluding hydrogens is 242 g/mol. The second-order valence-electron chi connectivity index (χ2n) is 4.95. The molecule has 5 heteroatoms. The van der Waals surface area contributed by atoms with Crippen molar-refractivity contribution in [1.82, 2.24) is 16.0 Å². The molecule has 0 aliphatic carbocycles. The molecule has 19 heavy (non-hydrogen) atoms. The lowest BCUT2D eigenvalue weighted by Gasteiger charge is -2.22. The highest BCUT2D eigenvalue weighted by Gasteiger charge is 2.13. The molecule has 1 atom stereocenters. The third kappa shape index (κ3) is 4.79. The lowest BCUT2D eigenvalue weighted by atomic mass is 10.00. The summed E-state index contributed by atoms with van der Waals surface area (Å²) < 4.78 is 0. The van der Waals surface area contributed by atoms with E-state index in [1.54, 1.807) is 18.2 Å². The molecular formula is C14H21N3O2. The van der Waals surface area contributed by atoms with E-state index in [0.29, 0.717) is 19.0 Å². The first kappa shape index (κ1) is 13.7. The van der Waals surface area contributed by atoms with Crippen molar-refractivity contribution in [2.24, 2.45) is 5.92 Å². The number of rotatable bonds is 4. The summed E-state index contributed by atoms with van der Waals surface area (Å²) in [4.78, 5) is 11.6. The van der Waals surface area contributed by atoms with Gasteiger partial charge in [-0.3, -0.25) is 0 Å². The smallest absolute Gasteiger partial charge is 0.315 e. The standard InChI is InChI=1S/C14H21N3O2/c18-13-5-1-3-11(7-13)9-16-14(19)17-10-12-4-2-6-15-8-12/h1,3,5,7,12,15,18H,2,4,6,8-10H2,(H2,16,17,19). The summed E-state index contributed by atoms with van der Waals surface area (Å²) in [7, 11) is 0. The average Bonchev–Trinajstić information content (AvgIpc) is 2.44. The zero-order valence-corrected chi connectivity index (χ0v) is 11.0. The van der Waals surface area contributed by atoms with Gasteiger partial charge in [-0.15, -0.1) is 0 Å². The van der Waals surface area contributed by atoms with E-state index in [2.05, 4.69) is 16.0 Å². The Morgan fingerprint density at radius 1 is 1.42 bits per heavy atom. The quantitative estimate of drug-likeness (QED) is 0.659. The van der Waals surface area contributed by atoms with Gasteiger partial charge in [0.1, 0.15) is 5.75 Å². The molecule has 0 spiro atoms. The number of piperidine rings is 1. The highest BCUT2D eigenvalue weighted by atomic mass is 16.3. The average molecular weight is 263 g/mol. The topological polar surface area (TPSA) is 73.4 Å². The number of hydrogen-bond donors (Lipinski definition) is 4. The number of carbonyl (C=O) groups excluding carboxylic acids is 1. The molecule has 1 heterocycles. The third-order valence-corrected chi connectivity index (χ3v) is 3.31. The van der Waals surface area contributed by atoms with E-state index in [0.717, 1.165) is 18.7 Å². The van der Waals surface area contributed by atoms with Crippen LogP contribution < -0.4 is 16.0 Å². The second kappa shape index (κ2) is 6.99. The second-order valence-corrected chi connectivity index (χ2v) is 4.95. The minimum atomic E-state index is -0.158. The number of phenolic OH excluding ortho intramolecular Hbond substituents is 1. The Morgan fingerprint density at radius 2 is 2.32 bits per heavy atom. The predicted molar refractivity (Wildman–Crippen MR) is 73.9 cm³/mol. The molecule has 0 radical (unpaired) electrons. The van der Waals surface area contributed by atoms with Gasteiger partial charge in [0.2, 0.25) is 0 Å². The molecule has 0 bridgehead atoms. The largest absolute Gasteiger partial charge is 0.508 e. The lowest BCUT2D eigenvalue weighted by Crippen LogP contribution is -2.41. The van der Waals surface area contributed by atoms with Crippen molar-refractivity contribution in [3.63, 3.8) is 0 Å². The summed E-state index contributed by atoms with van der Waals surface area (Å²) >= 11 is 0. The fourth-order valence-corrected chi connectivity index (χ4v) is 2.25. The van der Waals surface area contributed by atoms with Crippen molar-refractivity contribution >= 4 is 6.03 Å². The van der Waals surface area contributed by atoms with Crippen molar-refractivity contribution < 1.29 is 9.90 Å². The first-order chi connectivity index (χ1) is 9.24. The Labute approximate surface area is 113 Å². The van der Waals surface area contributed by atoms with E-state index in [1.807, 2.05) is 6.07 Å². The summed E-state index contributed by atoms with van der Waals surface area (Å²) in [6.07, 6.45) is 2.34. The SMILES string of the molecule is O=C(NCc1cccc(O)c1)NCC1CCCNC1. The Morgan fingerprint density at radius 3 is 3.05 bits per heavy atom. The molecule has 0 saturated carbocycles. The number of amides is 2. The Kier molecular flexibility index (Phi) is 5.03. The number of phenols is 1. The van der Waals surface area contributed by atoms with Gasteiger partial charge < -0.3 is 21.1 Å². The van der Waals surface area contributed by atoms with Gasteiger partial charge >= 0.3 is 6.03 Å². The maximum absolute atomic E-state index is 11.6. The van der Waals surface area contributed by atoms with Crippen LogP contribution in [-0.4, -0.2) is 30.8 Å². The maximum Gasteiger partial charge on any atom is 0.315 e. The van der Waals surface area contributed by atoms with Gasteiger partial charge in [-0.05, 0) is 49.5 Å². The molecule has 1 fully saturated rings. The van der Waals surface area contributed by atoms with E-state index < -0.39 is 0 Å². The Balaban J connectivity index is 1.66. The van der Waals surface area contributed by atoms with E-state index in [4.69, 9.17) is 0 Å². The fraction of sp³-hybridized carbons (Fsp3) is 0.500. The van der Waals surface area contributed by atoms with Gasteiger partial charge in [0, 0.05) is 13.1 Å². The van der Waals surface area contributed by atoms with E-state index in [-0.39, 0.29) is 11.8 Å². The summed E-state index contributed by atoms with van der Waals surface area (Å²) in [5.41, 5.74) is 0.884. The monoisotopic (exact) mass is 263 g/mol. The molecule has 0 aromatic heterocycles. The number of urea groups is 1. The molecule has 1 aliphatic rings. The highest BCUT2D eigenvalue weighted by Crippen LogP contribution is 2.10. The highest BCUT2D eigenvalue weighted by molar-refractivity contribution is 5.73. The normalized spacial score (nSPS) is 18.8. The van der Waals surface area contributed by atoms with E-state index in [1.165, 1.54) is 12.8 Å². The van der Waals surface area contributed by atoms with Crippen molar-refractivity contribution in [2.45, 2.75) is 19.4 Å². The minimum absolute atomic E-state index is 0.158. The molecule has 5 nitrogen and oxygen atoms in total. The summed E-state index contributed by atoms with van der Waals surface area (Å²) in [6, 6.07) is 6.72. The maximum atomic E-state index is 11.6. The summed E-state index contributed by atoms with van der Waals surface area (Å²) in [5.74, 6) is 0.744. The van der Waals surface area contributed by atoms with Crippen LogP contribution >= 0.6 is 0 Å². The Hall–Kier alpha value is -1.75.